The maximum atomic E-state index is 6.13. The molecule has 103 heavy (non-hydrogen) atoms. The highest BCUT2D eigenvalue weighted by molar-refractivity contribution is 6.30. The Bertz CT molecular complexity index is 5030. The minimum atomic E-state index is 0.0963. The molecule has 22 rings (SSSR count). The van der Waals surface area contributed by atoms with Crippen LogP contribution in [0, 0.1) is 47.3 Å². The molecular weight excluding hydrogens is 1260 g/mol. The third-order valence-electron chi connectivity index (χ3n) is 26.0. The lowest BCUT2D eigenvalue weighted by Crippen LogP contribution is -2.55. The van der Waals surface area contributed by atoms with E-state index < -0.39 is 0 Å². The van der Waals surface area contributed by atoms with Gasteiger partial charge < -0.3 is 10.2 Å². The summed E-state index contributed by atoms with van der Waals surface area (Å²) >= 11 is 6.13. The molecule has 3 heteroatoms. The Balaban J connectivity index is 0.000000122. The second-order valence-corrected chi connectivity index (χ2v) is 34.3. The van der Waals surface area contributed by atoms with Gasteiger partial charge in [-0.25, -0.2) is 0 Å². The number of para-hydroxylation sites is 2. The van der Waals surface area contributed by atoms with Gasteiger partial charge in [-0.2, -0.15) is 0 Å². The number of hydrogen-bond donors (Lipinski definition) is 1. The Morgan fingerprint density at radius 2 is 0.650 bits per heavy atom. The molecule has 1 N–H and O–H groups in total. The molecule has 12 aromatic rings. The van der Waals surface area contributed by atoms with Gasteiger partial charge in [-0.1, -0.05) is 272 Å². The molecule has 0 unspecified atom stereocenters. The number of halogens is 1. The van der Waals surface area contributed by atoms with Crippen molar-refractivity contribution in [2.45, 2.75) is 127 Å². The lowest BCUT2D eigenvalue weighted by molar-refractivity contribution is -0.0399. The van der Waals surface area contributed by atoms with Gasteiger partial charge in [-0.05, 0) is 284 Å². The molecule has 8 saturated carbocycles. The number of nitrogens with one attached hydrogen (secondary N) is 1. The van der Waals surface area contributed by atoms with Crippen LogP contribution in [0.5, 0.6) is 0 Å². The summed E-state index contributed by atoms with van der Waals surface area (Å²) in [7, 11) is 0. The average molecular weight is 1360 g/mol. The van der Waals surface area contributed by atoms with Crippen LogP contribution >= 0.6 is 11.6 Å². The molecule has 0 heterocycles. The molecule has 0 radical (unpaired) electrons. The third kappa shape index (κ3) is 11.5. The van der Waals surface area contributed by atoms with Gasteiger partial charge >= 0.3 is 0 Å². The second kappa shape index (κ2) is 26.0. The van der Waals surface area contributed by atoms with Gasteiger partial charge in [-0.15, -0.1) is 0 Å². The monoisotopic (exact) mass is 1360 g/mol. The first-order valence-corrected chi connectivity index (χ1v) is 38.9. The number of anilines is 5. The Morgan fingerprint density at radius 3 is 1.11 bits per heavy atom. The van der Waals surface area contributed by atoms with Crippen molar-refractivity contribution in [3.05, 3.63) is 330 Å². The highest BCUT2D eigenvalue weighted by Crippen LogP contribution is 2.71. The molecule has 0 atom stereocenters. The topological polar surface area (TPSA) is 15.3 Å². The van der Waals surface area contributed by atoms with E-state index in [-0.39, 0.29) is 21.7 Å². The van der Waals surface area contributed by atoms with Crippen molar-refractivity contribution in [1.29, 1.82) is 0 Å². The van der Waals surface area contributed by atoms with Crippen LogP contribution in [0.2, 0.25) is 5.02 Å². The minimum Gasteiger partial charge on any atom is -0.355 e. The van der Waals surface area contributed by atoms with Gasteiger partial charge in [-0.3, -0.25) is 0 Å². The molecule has 0 saturated heterocycles. The van der Waals surface area contributed by atoms with Crippen LogP contribution < -0.4 is 10.2 Å². The van der Waals surface area contributed by atoms with E-state index in [2.05, 4.69) is 325 Å². The summed E-state index contributed by atoms with van der Waals surface area (Å²) in [5.74, 6) is 7.17. The number of nitrogens with zero attached hydrogens (tertiary/aromatic N) is 1. The molecule has 12 aromatic carbocycles. The van der Waals surface area contributed by atoms with Crippen molar-refractivity contribution in [2.24, 2.45) is 47.3 Å². The Hall–Kier alpha value is -9.47. The maximum absolute atomic E-state index is 6.13. The highest BCUT2D eigenvalue weighted by atomic mass is 35.5. The predicted octanol–water partition coefficient (Wildman–Crippen LogP) is 27.6. The van der Waals surface area contributed by atoms with E-state index in [1.54, 1.807) is 22.3 Å². The molecule has 8 fully saturated rings. The number of benzene rings is 12. The first-order chi connectivity index (χ1) is 50.1. The van der Waals surface area contributed by atoms with Gasteiger partial charge in [0, 0.05) is 49.7 Å². The predicted molar refractivity (Wildman–Crippen MR) is 434 cm³/mol. The quantitative estimate of drug-likeness (QED) is 0.155. The molecular formula is C100H95ClN2. The smallest absolute Gasteiger partial charge is 0.0540 e. The largest absolute Gasteiger partial charge is 0.355 e. The lowest BCUT2D eigenvalue weighted by atomic mass is 9.43. The first kappa shape index (κ1) is 65.5. The summed E-state index contributed by atoms with van der Waals surface area (Å²) in [5.41, 5.74) is 31.7. The fourth-order valence-electron chi connectivity index (χ4n) is 21.9. The van der Waals surface area contributed by atoms with E-state index in [9.17, 15) is 0 Å². The van der Waals surface area contributed by atoms with Crippen molar-refractivity contribution in [3.63, 3.8) is 0 Å². The zero-order valence-corrected chi connectivity index (χ0v) is 61.5. The first-order valence-electron chi connectivity index (χ1n) is 38.6. The average Bonchev–Trinajstić information content (AvgIpc) is 1.56. The summed E-state index contributed by atoms with van der Waals surface area (Å²) in [5, 5.41) is 4.35. The fourth-order valence-corrected chi connectivity index (χ4v) is 22.0. The zero-order chi connectivity index (χ0) is 69.8. The zero-order valence-electron chi connectivity index (χ0n) is 60.7. The summed E-state index contributed by atoms with van der Waals surface area (Å²) in [4.78, 5) is 2.42. The van der Waals surface area contributed by atoms with Gasteiger partial charge in [0.1, 0.15) is 0 Å². The van der Waals surface area contributed by atoms with Crippen LogP contribution in [0.3, 0.4) is 0 Å². The fraction of sp³-hybridized carbons (Fsp3) is 0.280. The van der Waals surface area contributed by atoms with Gasteiger partial charge in [0.05, 0.1) is 5.69 Å². The van der Waals surface area contributed by atoms with Crippen molar-refractivity contribution in [1.82, 2.24) is 0 Å². The van der Waals surface area contributed by atoms with Crippen molar-refractivity contribution >= 4 is 40.0 Å². The molecule has 0 aliphatic heterocycles. The van der Waals surface area contributed by atoms with E-state index in [4.69, 9.17) is 11.6 Å². The summed E-state index contributed by atoms with van der Waals surface area (Å²) in [6.07, 6.45) is 14.5. The number of fused-ring (bicyclic) bond motifs is 6. The SMILES string of the molecule is CC(C)(C)c1ccc(N(c2ccc(-c3ccc4c(c3)-c3ccccc3C43C4CC5CC(C4)CC3C5)cc2)c2ccccc2-c2ccccc2)cc1.CC(C)(C)c1ccc(Nc2ccccc2-c2ccccc2)cc1.Clc1ccc(-c2ccc3c(c2)-c2ccccc2C32C3CC4CC(C3)CC2C4)cc1. The van der Waals surface area contributed by atoms with Gasteiger partial charge in [0.25, 0.3) is 0 Å². The van der Waals surface area contributed by atoms with Gasteiger partial charge in [0.2, 0.25) is 0 Å². The number of rotatable bonds is 9. The van der Waals surface area contributed by atoms with Crippen molar-refractivity contribution in [3.8, 4) is 66.8 Å². The Morgan fingerprint density at radius 1 is 0.301 bits per heavy atom. The van der Waals surface area contributed by atoms with Crippen LogP contribution in [0.4, 0.5) is 28.4 Å². The van der Waals surface area contributed by atoms with Crippen LogP contribution in [0.25, 0.3) is 66.8 Å². The van der Waals surface area contributed by atoms with E-state index >= 15 is 0 Å². The standard InChI is InChI=1S/C50H47N.C28H25Cl.C22H23N/c1-49(2,3)38-20-24-42(25-21-38)51(48-16-10-8-13-43(48)36-11-5-4-6-12-36)41-22-17-35(18-23-41)37-19-26-47-45(32-37)44-14-7-9-15-46(44)50(47)39-28-33-27-34(30-39)31-40(50)29-33;29-23-8-5-19(6-9-23)20-7-10-27-25(16-20)24-3-1-2-4-26(24)28(27)21-12-17-11-18(14-21)15-22(28)13-17;1-22(2,3)18-13-15-19(16-14-18)23-21-12-8-7-11-20(21)17-9-5-4-6-10-17/h4-26,32-34,39-40H,27-31H2,1-3H3;1-10,16-18,21-22H,11-15H2;4-16,23H,1-3H3. The second-order valence-electron chi connectivity index (χ2n) is 33.9. The summed E-state index contributed by atoms with van der Waals surface area (Å²) in [6, 6.07) is 108. The lowest BCUT2D eigenvalue weighted by Gasteiger charge is -2.61. The van der Waals surface area contributed by atoms with E-state index in [0.29, 0.717) is 0 Å². The molecule has 0 aromatic heterocycles. The van der Waals surface area contributed by atoms with Gasteiger partial charge in [0.15, 0.2) is 0 Å². The third-order valence-corrected chi connectivity index (χ3v) is 26.3. The molecule has 0 amide bonds. The van der Waals surface area contributed by atoms with Crippen LogP contribution in [-0.4, -0.2) is 0 Å². The van der Waals surface area contributed by atoms with Crippen molar-refractivity contribution < 1.29 is 0 Å². The Kier molecular flexibility index (Phi) is 16.6. The molecule has 10 aliphatic carbocycles. The molecule has 2 nitrogen and oxygen atoms in total. The van der Waals surface area contributed by atoms with Crippen molar-refractivity contribution in [2.75, 3.05) is 10.2 Å². The van der Waals surface area contributed by atoms with E-state index in [1.165, 1.54) is 148 Å². The maximum Gasteiger partial charge on any atom is 0.0540 e. The summed E-state index contributed by atoms with van der Waals surface area (Å²) in [6.45, 7) is 13.6. The van der Waals surface area contributed by atoms with E-state index in [0.717, 1.165) is 75.1 Å². The minimum absolute atomic E-state index is 0.0963. The molecule has 8 bridgehead atoms. The van der Waals surface area contributed by atoms with Crippen LogP contribution in [0.15, 0.2) is 291 Å². The normalized spacial score (nSPS) is 23.8. The van der Waals surface area contributed by atoms with Crippen LogP contribution in [0.1, 0.15) is 139 Å². The van der Waals surface area contributed by atoms with Crippen LogP contribution in [-0.2, 0) is 21.7 Å². The molecule has 10 aliphatic rings. The summed E-state index contributed by atoms with van der Waals surface area (Å²) < 4.78 is 0. The Labute approximate surface area is 617 Å². The highest BCUT2D eigenvalue weighted by Gasteiger charge is 2.63. The molecule has 512 valence electrons. The number of hydrogen-bond acceptors (Lipinski definition) is 2. The molecule has 2 spiro atoms. The van der Waals surface area contributed by atoms with E-state index in [1.807, 2.05) is 18.2 Å².